The molecule has 2 aromatic heterocycles. The highest BCUT2D eigenvalue weighted by Crippen LogP contribution is 2.29. The molecule has 1 unspecified atom stereocenters. The molecule has 1 aliphatic rings. The molecule has 0 aliphatic carbocycles. The molecule has 176 valence electrons. The molecule has 11 heteroatoms. The third kappa shape index (κ3) is 4.93. The highest BCUT2D eigenvalue weighted by atomic mass is 32.2. The van der Waals surface area contributed by atoms with E-state index >= 15 is 0 Å². The summed E-state index contributed by atoms with van der Waals surface area (Å²) < 4.78 is 6.59. The van der Waals surface area contributed by atoms with Crippen molar-refractivity contribution in [2.45, 2.75) is 24.5 Å². The van der Waals surface area contributed by atoms with Crippen LogP contribution in [-0.2, 0) is 19.1 Å². The van der Waals surface area contributed by atoms with Crippen LogP contribution in [-0.4, -0.2) is 74.4 Å². The Bertz CT molecular complexity index is 1200. The van der Waals surface area contributed by atoms with Crippen LogP contribution in [0.4, 0.5) is 0 Å². The van der Waals surface area contributed by atoms with Crippen LogP contribution in [0.3, 0.4) is 0 Å². The predicted molar refractivity (Wildman–Crippen MR) is 125 cm³/mol. The number of amides is 2. The predicted octanol–water partition coefficient (Wildman–Crippen LogP) is 1.62. The molecule has 1 aliphatic heterocycles. The van der Waals surface area contributed by atoms with Gasteiger partial charge in [0.1, 0.15) is 6.04 Å². The molecule has 0 bridgehead atoms. The summed E-state index contributed by atoms with van der Waals surface area (Å²) in [6.45, 7) is 2.64. The number of pyridine rings is 1. The van der Waals surface area contributed by atoms with E-state index in [9.17, 15) is 14.4 Å². The van der Waals surface area contributed by atoms with Crippen molar-refractivity contribution in [2.75, 3.05) is 26.0 Å². The molecule has 1 N–H and O–H groups in total. The highest BCUT2D eigenvalue weighted by molar-refractivity contribution is 7.99. The maximum Gasteiger partial charge on any atom is 0.308 e. The first kappa shape index (κ1) is 23.4. The summed E-state index contributed by atoms with van der Waals surface area (Å²) in [5.74, 6) is -0.540. The molecule has 1 atom stereocenters. The zero-order valence-electron chi connectivity index (χ0n) is 18.8. The zero-order valence-corrected chi connectivity index (χ0v) is 19.6. The van der Waals surface area contributed by atoms with Crippen LogP contribution in [0.2, 0.25) is 0 Å². The summed E-state index contributed by atoms with van der Waals surface area (Å²) in [4.78, 5) is 42.8. The van der Waals surface area contributed by atoms with Crippen molar-refractivity contribution in [3.8, 4) is 17.1 Å². The van der Waals surface area contributed by atoms with Crippen LogP contribution >= 0.6 is 11.8 Å². The molecule has 0 saturated carbocycles. The Morgan fingerprint density at radius 2 is 2.03 bits per heavy atom. The third-order valence-electron chi connectivity index (χ3n) is 5.47. The molecule has 4 rings (SSSR count). The van der Waals surface area contributed by atoms with E-state index in [1.165, 1.54) is 23.8 Å². The smallest absolute Gasteiger partial charge is 0.308 e. The van der Waals surface area contributed by atoms with Gasteiger partial charge >= 0.3 is 5.97 Å². The second-order valence-electron chi connectivity index (χ2n) is 7.63. The number of hydrogen-bond donors (Lipinski definition) is 1. The van der Waals surface area contributed by atoms with E-state index in [1.807, 2.05) is 47.9 Å². The quantitative estimate of drug-likeness (QED) is 0.400. The number of esters is 1. The molecule has 1 fully saturated rings. The number of ether oxygens (including phenoxy) is 1. The average Bonchev–Trinajstić information content (AvgIpc) is 3.28. The fourth-order valence-corrected chi connectivity index (χ4v) is 4.57. The lowest BCUT2D eigenvalue weighted by Crippen LogP contribution is -2.58. The van der Waals surface area contributed by atoms with Gasteiger partial charge in [0.05, 0.1) is 25.0 Å². The first-order valence-electron chi connectivity index (χ1n) is 10.7. The normalized spacial score (nSPS) is 15.6. The van der Waals surface area contributed by atoms with E-state index < -0.39 is 12.0 Å². The first-order valence-corrected chi connectivity index (χ1v) is 11.7. The summed E-state index contributed by atoms with van der Waals surface area (Å²) >= 11 is 1.23. The SMILES string of the molecule is COC(=O)CC1C(=O)NCCN1C(=O)CSc1nnc(-c2cccnc2)n1-c1ccccc1C. The lowest BCUT2D eigenvalue weighted by molar-refractivity contribution is -0.149. The number of carbonyl (C=O) groups is 3. The summed E-state index contributed by atoms with van der Waals surface area (Å²) in [5.41, 5.74) is 2.70. The van der Waals surface area contributed by atoms with Gasteiger partial charge in [-0.3, -0.25) is 23.9 Å². The average molecular weight is 481 g/mol. The van der Waals surface area contributed by atoms with Crippen molar-refractivity contribution >= 4 is 29.5 Å². The van der Waals surface area contributed by atoms with Gasteiger partial charge in [0, 0.05) is 31.0 Å². The minimum atomic E-state index is -0.894. The number of piperazine rings is 1. The van der Waals surface area contributed by atoms with Crippen molar-refractivity contribution in [3.63, 3.8) is 0 Å². The number of aromatic nitrogens is 4. The first-order chi connectivity index (χ1) is 16.5. The van der Waals surface area contributed by atoms with E-state index in [0.29, 0.717) is 24.1 Å². The van der Waals surface area contributed by atoms with Crippen LogP contribution in [0, 0.1) is 6.92 Å². The van der Waals surface area contributed by atoms with Gasteiger partial charge in [0.15, 0.2) is 11.0 Å². The Balaban J connectivity index is 1.60. The van der Waals surface area contributed by atoms with Gasteiger partial charge in [0.2, 0.25) is 11.8 Å². The minimum absolute atomic E-state index is 0.0298. The Morgan fingerprint density at radius 1 is 1.21 bits per heavy atom. The van der Waals surface area contributed by atoms with Gasteiger partial charge in [-0.15, -0.1) is 10.2 Å². The summed E-state index contributed by atoms with van der Waals surface area (Å²) in [6.07, 6.45) is 3.21. The molecule has 0 radical (unpaired) electrons. The van der Waals surface area contributed by atoms with Crippen LogP contribution < -0.4 is 5.32 Å². The van der Waals surface area contributed by atoms with E-state index in [0.717, 1.165) is 16.8 Å². The van der Waals surface area contributed by atoms with Crippen molar-refractivity contribution in [1.82, 2.24) is 30.0 Å². The highest BCUT2D eigenvalue weighted by Gasteiger charge is 2.35. The maximum absolute atomic E-state index is 13.1. The molecule has 1 aromatic carbocycles. The monoisotopic (exact) mass is 480 g/mol. The van der Waals surface area contributed by atoms with Crippen LogP contribution in [0.25, 0.3) is 17.1 Å². The summed E-state index contributed by atoms with van der Waals surface area (Å²) in [5, 5.41) is 12.0. The van der Waals surface area contributed by atoms with Crippen molar-refractivity contribution in [3.05, 3.63) is 54.4 Å². The number of thioether (sulfide) groups is 1. The standard InChI is InChI=1S/C23H24N6O4S/c1-15-6-3-4-8-17(15)29-21(16-7-5-9-24-13-16)26-27-23(29)34-14-19(30)28-11-10-25-22(32)18(28)12-20(31)33-2/h3-9,13,18H,10-12,14H2,1-2H3,(H,25,32). The van der Waals surface area contributed by atoms with E-state index in [1.54, 1.807) is 12.4 Å². The Hall–Kier alpha value is -3.73. The van der Waals surface area contributed by atoms with Crippen molar-refractivity contribution in [2.24, 2.45) is 0 Å². The van der Waals surface area contributed by atoms with Gasteiger partial charge in [-0.25, -0.2) is 0 Å². The van der Waals surface area contributed by atoms with Crippen LogP contribution in [0.1, 0.15) is 12.0 Å². The molecule has 0 spiro atoms. The number of hydrogen-bond acceptors (Lipinski definition) is 8. The molecule has 3 heterocycles. The van der Waals surface area contributed by atoms with Gasteiger partial charge in [-0.2, -0.15) is 0 Å². The molecular formula is C23H24N6O4S. The fraction of sp³-hybridized carbons (Fsp3) is 0.304. The molecule has 2 amide bonds. The Kier molecular flexibility index (Phi) is 7.21. The number of para-hydroxylation sites is 1. The van der Waals surface area contributed by atoms with E-state index in [-0.39, 0.29) is 24.0 Å². The number of benzene rings is 1. The third-order valence-corrected chi connectivity index (χ3v) is 6.39. The maximum atomic E-state index is 13.1. The fourth-order valence-electron chi connectivity index (χ4n) is 3.74. The van der Waals surface area contributed by atoms with Crippen molar-refractivity contribution in [1.29, 1.82) is 0 Å². The van der Waals surface area contributed by atoms with Gasteiger partial charge in [0.25, 0.3) is 0 Å². The minimum Gasteiger partial charge on any atom is -0.469 e. The molecule has 34 heavy (non-hydrogen) atoms. The summed E-state index contributed by atoms with van der Waals surface area (Å²) in [6, 6.07) is 10.7. The number of nitrogens with zero attached hydrogens (tertiary/aromatic N) is 5. The van der Waals surface area contributed by atoms with Crippen molar-refractivity contribution < 1.29 is 19.1 Å². The largest absolute Gasteiger partial charge is 0.469 e. The molecular weight excluding hydrogens is 456 g/mol. The number of methoxy groups -OCH3 is 1. The number of rotatable bonds is 7. The Morgan fingerprint density at radius 3 is 2.76 bits per heavy atom. The zero-order chi connectivity index (χ0) is 24.1. The van der Waals surface area contributed by atoms with Crippen LogP contribution in [0.15, 0.2) is 53.9 Å². The van der Waals surface area contributed by atoms with Crippen LogP contribution in [0.5, 0.6) is 0 Å². The number of aryl methyl sites for hydroxylation is 1. The summed E-state index contributed by atoms with van der Waals surface area (Å²) in [7, 11) is 1.25. The van der Waals surface area contributed by atoms with Gasteiger partial charge in [-0.05, 0) is 30.7 Å². The second kappa shape index (κ2) is 10.5. The molecule has 10 nitrogen and oxygen atoms in total. The van der Waals surface area contributed by atoms with Gasteiger partial charge in [-0.1, -0.05) is 30.0 Å². The Labute approximate surface area is 200 Å². The van der Waals surface area contributed by atoms with Gasteiger partial charge < -0.3 is 15.0 Å². The number of nitrogens with one attached hydrogen (secondary N) is 1. The molecule has 3 aromatic rings. The van der Waals surface area contributed by atoms with E-state index in [4.69, 9.17) is 4.74 Å². The molecule has 1 saturated heterocycles. The topological polar surface area (TPSA) is 119 Å². The second-order valence-corrected chi connectivity index (χ2v) is 8.58. The lowest BCUT2D eigenvalue weighted by atomic mass is 10.1. The number of carbonyl (C=O) groups excluding carboxylic acids is 3. The van der Waals surface area contributed by atoms with E-state index in [2.05, 4.69) is 20.5 Å². The lowest BCUT2D eigenvalue weighted by Gasteiger charge is -2.34.